The van der Waals surface area contributed by atoms with Gasteiger partial charge in [0.2, 0.25) is 5.91 Å². The van der Waals surface area contributed by atoms with Crippen LogP contribution in [-0.2, 0) is 4.79 Å². The number of carbonyl (C=O) groups excluding carboxylic acids is 1. The van der Waals surface area contributed by atoms with Crippen LogP contribution in [-0.4, -0.2) is 61.6 Å². The summed E-state index contributed by atoms with van der Waals surface area (Å²) in [5.74, 6) is 0.753. The molecule has 0 spiro atoms. The van der Waals surface area contributed by atoms with E-state index in [9.17, 15) is 10.1 Å². The number of thiophene rings is 1. The lowest BCUT2D eigenvalue weighted by Crippen LogP contribution is -2.49. The van der Waals surface area contributed by atoms with Gasteiger partial charge in [-0.25, -0.2) is 0 Å². The van der Waals surface area contributed by atoms with Crippen molar-refractivity contribution in [3.63, 3.8) is 0 Å². The van der Waals surface area contributed by atoms with Crippen LogP contribution in [0.3, 0.4) is 0 Å². The maximum atomic E-state index is 12.4. The molecule has 1 amide bonds. The Kier molecular flexibility index (Phi) is 7.51. The van der Waals surface area contributed by atoms with E-state index >= 15 is 0 Å². The molecule has 0 aliphatic carbocycles. The molecule has 1 aromatic heterocycles. The molecule has 29 heavy (non-hydrogen) atoms. The number of hydrogen-bond acceptors (Lipinski definition) is 6. The fourth-order valence-electron chi connectivity index (χ4n) is 3.21. The minimum Gasteiger partial charge on any atom is -0.492 e. The van der Waals surface area contributed by atoms with Crippen LogP contribution in [0.4, 0.5) is 5.00 Å². The lowest BCUT2D eigenvalue weighted by molar-refractivity contribution is -0.117. The molecular weight excluding hydrogens is 408 g/mol. The van der Waals surface area contributed by atoms with E-state index in [1.807, 2.05) is 38.1 Å². The van der Waals surface area contributed by atoms with Crippen LogP contribution in [0.15, 0.2) is 24.3 Å². The Balaban J connectivity index is 1.38. The second-order valence-corrected chi connectivity index (χ2v) is 8.73. The van der Waals surface area contributed by atoms with Gasteiger partial charge in [0.05, 0.1) is 12.1 Å². The number of nitrogens with one attached hydrogen (secondary N) is 1. The maximum Gasteiger partial charge on any atom is 0.239 e. The average molecular weight is 433 g/mol. The van der Waals surface area contributed by atoms with Gasteiger partial charge in [-0.1, -0.05) is 11.6 Å². The molecule has 8 heteroatoms. The summed E-state index contributed by atoms with van der Waals surface area (Å²) >= 11 is 7.34. The van der Waals surface area contributed by atoms with Crippen LogP contribution >= 0.6 is 22.9 Å². The number of nitrogens with zero attached hydrogens (tertiary/aromatic N) is 3. The molecule has 1 saturated heterocycles. The zero-order valence-corrected chi connectivity index (χ0v) is 18.3. The van der Waals surface area contributed by atoms with Gasteiger partial charge in [-0.2, -0.15) is 5.26 Å². The third-order valence-corrected chi connectivity index (χ3v) is 6.45. The predicted octanol–water partition coefficient (Wildman–Crippen LogP) is 3.53. The fraction of sp³-hybridized carbons (Fsp3) is 0.429. The number of halogens is 1. The van der Waals surface area contributed by atoms with E-state index in [0.717, 1.165) is 48.9 Å². The van der Waals surface area contributed by atoms with Crippen molar-refractivity contribution in [1.29, 1.82) is 5.26 Å². The molecule has 0 bridgehead atoms. The molecule has 3 rings (SSSR count). The lowest BCUT2D eigenvalue weighted by atomic mass is 10.2. The summed E-state index contributed by atoms with van der Waals surface area (Å²) in [6, 6.07) is 9.56. The van der Waals surface area contributed by atoms with Gasteiger partial charge in [-0.05, 0) is 43.7 Å². The molecule has 1 N–H and O–H groups in total. The Morgan fingerprint density at radius 1 is 1.21 bits per heavy atom. The highest BCUT2D eigenvalue weighted by Gasteiger charge is 2.20. The second-order valence-electron chi connectivity index (χ2n) is 7.07. The predicted molar refractivity (Wildman–Crippen MR) is 117 cm³/mol. The van der Waals surface area contributed by atoms with Crippen molar-refractivity contribution < 1.29 is 9.53 Å². The van der Waals surface area contributed by atoms with Crippen LogP contribution in [0, 0.1) is 25.2 Å². The molecule has 1 aromatic carbocycles. The number of carbonyl (C=O) groups is 1. The van der Waals surface area contributed by atoms with E-state index in [1.54, 1.807) is 0 Å². The third-order valence-electron chi connectivity index (χ3n) is 5.07. The number of ether oxygens (including phenoxy) is 1. The molecule has 0 saturated carbocycles. The van der Waals surface area contributed by atoms with Crippen molar-refractivity contribution in [1.82, 2.24) is 9.80 Å². The standard InChI is InChI=1S/C21H25ClN4O2S/c1-15-16(2)29-21(19(15)13-23)24-20(27)14-26-9-7-25(8-10-26)11-12-28-18-5-3-17(22)4-6-18/h3-6H,7-12,14H2,1-2H3,(H,24,27). The molecule has 2 heterocycles. The van der Waals surface area contributed by atoms with Crippen molar-refractivity contribution in [2.75, 3.05) is 51.2 Å². The summed E-state index contributed by atoms with van der Waals surface area (Å²) in [5.41, 5.74) is 1.52. The van der Waals surface area contributed by atoms with E-state index in [-0.39, 0.29) is 5.91 Å². The summed E-state index contributed by atoms with van der Waals surface area (Å²) < 4.78 is 5.75. The van der Waals surface area contributed by atoms with E-state index < -0.39 is 0 Å². The van der Waals surface area contributed by atoms with Crippen molar-refractivity contribution in [3.05, 3.63) is 45.3 Å². The Labute approximate surface area is 180 Å². The highest BCUT2D eigenvalue weighted by Crippen LogP contribution is 2.31. The van der Waals surface area contributed by atoms with Crippen LogP contribution < -0.4 is 10.1 Å². The van der Waals surface area contributed by atoms with E-state index in [2.05, 4.69) is 21.2 Å². The quantitative estimate of drug-likeness (QED) is 0.724. The van der Waals surface area contributed by atoms with Crippen LogP contribution in [0.5, 0.6) is 5.75 Å². The third kappa shape index (κ3) is 5.94. The van der Waals surface area contributed by atoms with Crippen molar-refractivity contribution >= 4 is 33.8 Å². The second kappa shape index (κ2) is 10.1. The van der Waals surface area contributed by atoms with Crippen molar-refractivity contribution in [2.45, 2.75) is 13.8 Å². The number of rotatable bonds is 7. The minimum atomic E-state index is -0.0673. The van der Waals surface area contributed by atoms with Crippen LogP contribution in [0.2, 0.25) is 5.02 Å². The largest absolute Gasteiger partial charge is 0.492 e. The Morgan fingerprint density at radius 3 is 2.52 bits per heavy atom. The first kappa shape index (κ1) is 21.6. The van der Waals surface area contributed by atoms with Crippen LogP contribution in [0.1, 0.15) is 16.0 Å². The Morgan fingerprint density at radius 2 is 1.86 bits per heavy atom. The number of piperazine rings is 1. The summed E-state index contributed by atoms with van der Waals surface area (Å²) in [7, 11) is 0. The number of aryl methyl sites for hydroxylation is 1. The van der Waals surface area contributed by atoms with Gasteiger partial charge in [-0.15, -0.1) is 11.3 Å². The maximum absolute atomic E-state index is 12.4. The summed E-state index contributed by atoms with van der Waals surface area (Å²) in [6.07, 6.45) is 0. The highest BCUT2D eigenvalue weighted by atomic mass is 35.5. The molecule has 0 radical (unpaired) electrons. The van der Waals surface area contributed by atoms with Gasteiger partial charge in [0.1, 0.15) is 23.4 Å². The monoisotopic (exact) mass is 432 g/mol. The van der Waals surface area contributed by atoms with E-state index in [4.69, 9.17) is 16.3 Å². The van der Waals surface area contributed by atoms with Gasteiger partial charge >= 0.3 is 0 Å². The minimum absolute atomic E-state index is 0.0673. The smallest absolute Gasteiger partial charge is 0.239 e. The van der Waals surface area contributed by atoms with E-state index in [1.165, 1.54) is 11.3 Å². The van der Waals surface area contributed by atoms with Gasteiger partial charge < -0.3 is 10.1 Å². The zero-order chi connectivity index (χ0) is 20.8. The highest BCUT2D eigenvalue weighted by molar-refractivity contribution is 7.16. The average Bonchev–Trinajstić information content (AvgIpc) is 2.97. The number of anilines is 1. The van der Waals surface area contributed by atoms with Gasteiger partial charge in [-0.3, -0.25) is 14.6 Å². The first-order chi connectivity index (χ1) is 14.0. The molecule has 1 aliphatic rings. The molecule has 1 fully saturated rings. The number of nitriles is 1. The molecule has 0 atom stereocenters. The number of amides is 1. The first-order valence-electron chi connectivity index (χ1n) is 9.59. The molecule has 2 aromatic rings. The van der Waals surface area contributed by atoms with Crippen molar-refractivity contribution in [3.8, 4) is 11.8 Å². The first-order valence-corrected chi connectivity index (χ1v) is 10.8. The van der Waals surface area contributed by atoms with Crippen molar-refractivity contribution in [2.24, 2.45) is 0 Å². The van der Waals surface area contributed by atoms with Gasteiger partial charge in [0.25, 0.3) is 0 Å². The molecule has 1 aliphatic heterocycles. The van der Waals surface area contributed by atoms with E-state index in [0.29, 0.717) is 28.7 Å². The summed E-state index contributed by atoms with van der Waals surface area (Å²) in [4.78, 5) is 17.9. The summed E-state index contributed by atoms with van der Waals surface area (Å²) in [5, 5.41) is 13.6. The van der Waals surface area contributed by atoms with Crippen LogP contribution in [0.25, 0.3) is 0 Å². The lowest BCUT2D eigenvalue weighted by Gasteiger charge is -2.34. The SMILES string of the molecule is Cc1sc(NC(=O)CN2CCN(CCOc3ccc(Cl)cc3)CC2)c(C#N)c1C. The summed E-state index contributed by atoms with van der Waals surface area (Å²) in [6.45, 7) is 9.16. The molecule has 6 nitrogen and oxygen atoms in total. The van der Waals surface area contributed by atoms with Gasteiger partial charge in [0, 0.05) is 42.6 Å². The zero-order valence-electron chi connectivity index (χ0n) is 16.7. The number of benzene rings is 1. The fourth-order valence-corrected chi connectivity index (χ4v) is 4.37. The molecule has 154 valence electrons. The molecular formula is C21H25ClN4O2S. The van der Waals surface area contributed by atoms with Gasteiger partial charge in [0.15, 0.2) is 0 Å². The molecule has 0 unspecified atom stereocenters. The number of hydrogen-bond donors (Lipinski definition) is 1. The normalized spacial score (nSPS) is 15.1. The Hall–Kier alpha value is -2.11. The topological polar surface area (TPSA) is 68.6 Å². The Bertz CT molecular complexity index is 883.